The number of benzene rings is 1. The highest BCUT2D eigenvalue weighted by molar-refractivity contribution is 5.60. The van der Waals surface area contributed by atoms with Gasteiger partial charge in [-0.1, -0.05) is 18.2 Å². The molecule has 0 bridgehead atoms. The van der Waals surface area contributed by atoms with Gasteiger partial charge in [0.25, 0.3) is 0 Å². The Bertz CT molecular complexity index is 961. The molecule has 23 heavy (non-hydrogen) atoms. The number of nitrogens with two attached hydrogens (primary N) is 1. The van der Waals surface area contributed by atoms with E-state index in [2.05, 4.69) is 15.1 Å². The molecule has 0 aliphatic heterocycles. The van der Waals surface area contributed by atoms with Gasteiger partial charge in [0.15, 0.2) is 11.4 Å². The van der Waals surface area contributed by atoms with Crippen LogP contribution in [0.15, 0.2) is 53.1 Å². The minimum absolute atomic E-state index is 0.196. The molecule has 4 rings (SSSR count). The van der Waals surface area contributed by atoms with Crippen LogP contribution in [0.2, 0.25) is 0 Å². The lowest BCUT2D eigenvalue weighted by Crippen LogP contribution is -2.05. The number of anilines is 1. The smallest absolute Gasteiger partial charge is 0.229 e. The Morgan fingerprint density at radius 1 is 1.09 bits per heavy atom. The van der Waals surface area contributed by atoms with Gasteiger partial charge < -0.3 is 14.9 Å². The van der Waals surface area contributed by atoms with Gasteiger partial charge >= 0.3 is 0 Å². The van der Waals surface area contributed by atoms with Crippen LogP contribution in [0, 0.1) is 6.92 Å². The van der Waals surface area contributed by atoms with Crippen molar-refractivity contribution in [2.45, 2.75) is 6.92 Å². The molecule has 1 aromatic carbocycles. The van der Waals surface area contributed by atoms with Crippen LogP contribution in [-0.2, 0) is 0 Å². The summed E-state index contributed by atoms with van der Waals surface area (Å²) in [5.41, 5.74) is 7.31. The Morgan fingerprint density at radius 3 is 2.65 bits per heavy atom. The van der Waals surface area contributed by atoms with E-state index in [0.717, 1.165) is 5.56 Å². The second kappa shape index (κ2) is 5.13. The van der Waals surface area contributed by atoms with Gasteiger partial charge in [-0.15, -0.1) is 5.10 Å². The minimum Gasteiger partial charge on any atom is -0.461 e. The third-order valence-corrected chi connectivity index (χ3v) is 3.40. The fourth-order valence-electron chi connectivity index (χ4n) is 2.26. The fraction of sp³-hybridized carbons (Fsp3) is 0.0625. The summed E-state index contributed by atoms with van der Waals surface area (Å²) in [6, 6.07) is 12.9. The summed E-state index contributed by atoms with van der Waals surface area (Å²) in [6.45, 7) is 1.86. The highest BCUT2D eigenvalue weighted by atomic mass is 16.5. The molecule has 0 saturated carbocycles. The van der Waals surface area contributed by atoms with Gasteiger partial charge in [0.2, 0.25) is 17.7 Å². The summed E-state index contributed by atoms with van der Waals surface area (Å²) in [7, 11) is 0. The quantitative estimate of drug-likeness (QED) is 0.625. The number of ether oxygens (including phenoxy) is 1. The normalized spacial score (nSPS) is 11.0. The zero-order valence-electron chi connectivity index (χ0n) is 12.3. The molecule has 0 unspecified atom stereocenters. The Morgan fingerprint density at radius 2 is 1.91 bits per heavy atom. The second-order valence-electron chi connectivity index (χ2n) is 4.96. The predicted octanol–water partition coefficient (Wildman–Crippen LogP) is 3.07. The van der Waals surface area contributed by atoms with E-state index in [1.54, 1.807) is 18.4 Å². The van der Waals surface area contributed by atoms with E-state index < -0.39 is 0 Å². The molecule has 0 fully saturated rings. The monoisotopic (exact) mass is 307 g/mol. The van der Waals surface area contributed by atoms with Crippen molar-refractivity contribution in [3.63, 3.8) is 0 Å². The second-order valence-corrected chi connectivity index (χ2v) is 4.96. The fourth-order valence-corrected chi connectivity index (χ4v) is 2.26. The van der Waals surface area contributed by atoms with Crippen molar-refractivity contribution in [1.29, 1.82) is 0 Å². The average molecular weight is 307 g/mol. The molecule has 7 heteroatoms. The molecule has 0 aliphatic rings. The number of aryl methyl sites for hydroxylation is 1. The molecule has 0 atom stereocenters. The van der Waals surface area contributed by atoms with Crippen molar-refractivity contribution in [2.75, 3.05) is 5.73 Å². The maximum atomic E-state index is 5.99. The van der Waals surface area contributed by atoms with Gasteiger partial charge in [-0.25, -0.2) is 4.98 Å². The lowest BCUT2D eigenvalue weighted by molar-refractivity contribution is 0.458. The van der Waals surface area contributed by atoms with Gasteiger partial charge in [0.05, 0.1) is 11.8 Å². The van der Waals surface area contributed by atoms with Gasteiger partial charge in [-0.3, -0.25) is 0 Å². The van der Waals surface area contributed by atoms with E-state index in [-0.39, 0.29) is 5.95 Å². The summed E-state index contributed by atoms with van der Waals surface area (Å²) in [5, 5.41) is 4.33. The van der Waals surface area contributed by atoms with E-state index in [0.29, 0.717) is 28.9 Å². The summed E-state index contributed by atoms with van der Waals surface area (Å²) in [6.07, 6.45) is 1.57. The number of nitrogens with zero attached hydrogens (tertiary/aromatic N) is 4. The molecule has 0 aliphatic carbocycles. The van der Waals surface area contributed by atoms with Crippen LogP contribution in [0.3, 0.4) is 0 Å². The molecule has 114 valence electrons. The SMILES string of the molecule is Cc1c(Oc2ccccc2)nc(N)n2nc(-c3ccco3)nc12. The van der Waals surface area contributed by atoms with E-state index >= 15 is 0 Å². The highest BCUT2D eigenvalue weighted by Crippen LogP contribution is 2.28. The van der Waals surface area contributed by atoms with Gasteiger partial charge in [-0.2, -0.15) is 9.50 Å². The number of fused-ring (bicyclic) bond motifs is 1. The van der Waals surface area contributed by atoms with E-state index in [4.69, 9.17) is 14.9 Å². The van der Waals surface area contributed by atoms with Crippen LogP contribution >= 0.6 is 0 Å². The number of hydrogen-bond acceptors (Lipinski definition) is 6. The van der Waals surface area contributed by atoms with Crippen LogP contribution in [0.1, 0.15) is 5.56 Å². The summed E-state index contributed by atoms with van der Waals surface area (Å²) < 4.78 is 12.6. The maximum Gasteiger partial charge on any atom is 0.229 e. The van der Waals surface area contributed by atoms with Crippen molar-refractivity contribution in [3.05, 3.63) is 54.3 Å². The van der Waals surface area contributed by atoms with Crippen molar-refractivity contribution in [1.82, 2.24) is 19.6 Å². The van der Waals surface area contributed by atoms with E-state index in [1.807, 2.05) is 37.3 Å². The first kappa shape index (κ1) is 13.3. The molecule has 0 saturated heterocycles. The number of hydrogen-bond donors (Lipinski definition) is 1. The molecule has 3 aromatic heterocycles. The van der Waals surface area contributed by atoms with Crippen molar-refractivity contribution in [2.24, 2.45) is 0 Å². The van der Waals surface area contributed by atoms with Crippen molar-refractivity contribution >= 4 is 11.6 Å². The van der Waals surface area contributed by atoms with Crippen LogP contribution in [0.25, 0.3) is 17.2 Å². The van der Waals surface area contributed by atoms with Gasteiger partial charge in [-0.05, 0) is 31.2 Å². The summed E-state index contributed by atoms with van der Waals surface area (Å²) >= 11 is 0. The molecular formula is C16H13N5O2. The van der Waals surface area contributed by atoms with Crippen molar-refractivity contribution < 1.29 is 9.15 Å². The number of nitrogen functional groups attached to an aromatic ring is 1. The summed E-state index contributed by atoms with van der Waals surface area (Å²) in [5.74, 6) is 2.29. The first-order valence-corrected chi connectivity index (χ1v) is 7.02. The Hall–Kier alpha value is -3.35. The van der Waals surface area contributed by atoms with E-state index in [9.17, 15) is 0 Å². The van der Waals surface area contributed by atoms with Crippen molar-refractivity contribution in [3.8, 4) is 23.2 Å². The first-order valence-electron chi connectivity index (χ1n) is 7.02. The predicted molar refractivity (Wildman–Crippen MR) is 84.1 cm³/mol. The molecule has 0 radical (unpaired) electrons. The third-order valence-electron chi connectivity index (χ3n) is 3.40. The molecule has 7 nitrogen and oxygen atoms in total. The van der Waals surface area contributed by atoms with Crippen LogP contribution in [-0.4, -0.2) is 19.6 Å². The number of aromatic nitrogens is 4. The molecular weight excluding hydrogens is 294 g/mol. The zero-order valence-corrected chi connectivity index (χ0v) is 12.3. The van der Waals surface area contributed by atoms with Crippen LogP contribution in [0.4, 0.5) is 5.95 Å². The number of rotatable bonds is 3. The molecule has 4 aromatic rings. The van der Waals surface area contributed by atoms with E-state index in [1.165, 1.54) is 4.52 Å². The molecule has 0 amide bonds. The molecule has 0 spiro atoms. The number of para-hydroxylation sites is 1. The van der Waals surface area contributed by atoms with Gasteiger partial charge in [0.1, 0.15) is 5.75 Å². The Balaban J connectivity index is 1.83. The van der Waals surface area contributed by atoms with Crippen LogP contribution < -0.4 is 10.5 Å². The first-order chi connectivity index (χ1) is 11.2. The standard InChI is InChI=1S/C16H13N5O2/c1-10-14-18-13(12-8-5-9-22-12)20-21(14)16(17)19-15(10)23-11-6-3-2-4-7-11/h2-9H,1H3,(H2,17,19). The average Bonchev–Trinajstić information content (AvgIpc) is 3.22. The lowest BCUT2D eigenvalue weighted by Gasteiger charge is -2.09. The lowest BCUT2D eigenvalue weighted by atomic mass is 10.3. The Kier molecular flexibility index (Phi) is 2.97. The zero-order chi connectivity index (χ0) is 15.8. The van der Waals surface area contributed by atoms with Gasteiger partial charge in [0, 0.05) is 0 Å². The third kappa shape index (κ3) is 2.28. The summed E-state index contributed by atoms with van der Waals surface area (Å²) in [4.78, 5) is 8.75. The Labute approximate surface area is 131 Å². The number of furan rings is 1. The minimum atomic E-state index is 0.196. The molecule has 3 heterocycles. The highest BCUT2D eigenvalue weighted by Gasteiger charge is 2.17. The maximum absolute atomic E-state index is 5.99. The molecule has 2 N–H and O–H groups in total. The largest absolute Gasteiger partial charge is 0.461 e. The van der Waals surface area contributed by atoms with Crippen LogP contribution in [0.5, 0.6) is 11.6 Å². The topological polar surface area (TPSA) is 91.5 Å².